The van der Waals surface area contributed by atoms with Gasteiger partial charge < -0.3 is 0 Å². The van der Waals surface area contributed by atoms with Crippen LogP contribution in [-0.4, -0.2) is 45.5 Å². The molecule has 0 radical (unpaired) electrons. The van der Waals surface area contributed by atoms with Crippen LogP contribution < -0.4 is 0 Å². The molecule has 0 spiro atoms. The van der Waals surface area contributed by atoms with E-state index in [-0.39, 0.29) is 45.5 Å². The molecule has 0 bridgehead atoms. The summed E-state index contributed by atoms with van der Waals surface area (Å²) in [7, 11) is 0. The first-order valence-electron chi connectivity index (χ1n) is 3.43. The SMILES string of the molecule is [C-]1=CC=CC1.[C-]1=CC=CC1.[Sr+2]. The summed E-state index contributed by atoms with van der Waals surface area (Å²) in [6.07, 6.45) is 20.0. The second-order valence-corrected chi connectivity index (χ2v) is 2.01. The van der Waals surface area contributed by atoms with Gasteiger partial charge in [-0.2, -0.15) is 12.2 Å². The first-order chi connectivity index (χ1) is 5.00. The minimum absolute atomic E-state index is 0. The van der Waals surface area contributed by atoms with Gasteiger partial charge in [-0.05, 0) is 0 Å². The summed E-state index contributed by atoms with van der Waals surface area (Å²) in [6, 6.07) is 0. The van der Waals surface area contributed by atoms with E-state index in [2.05, 4.69) is 24.3 Å². The third kappa shape index (κ3) is 6.82. The van der Waals surface area contributed by atoms with Crippen LogP contribution >= 0.6 is 0 Å². The summed E-state index contributed by atoms with van der Waals surface area (Å²) in [6.45, 7) is 0. The molecule has 2 aliphatic carbocycles. The monoisotopic (exact) mass is 218 g/mol. The number of rotatable bonds is 0. The first-order valence-corrected chi connectivity index (χ1v) is 3.43. The average molecular weight is 218 g/mol. The van der Waals surface area contributed by atoms with Crippen molar-refractivity contribution in [2.45, 2.75) is 12.8 Å². The average Bonchev–Trinajstić information content (AvgIpc) is 2.67. The Bertz CT molecular complexity index is 143. The third-order valence-corrected chi connectivity index (χ3v) is 1.17. The zero-order chi connectivity index (χ0) is 7.07. The Morgan fingerprint density at radius 3 is 1.36 bits per heavy atom. The maximum Gasteiger partial charge on any atom is 2.00 e. The Hall–Kier alpha value is 0.441. The van der Waals surface area contributed by atoms with Crippen molar-refractivity contribution in [3.63, 3.8) is 0 Å². The predicted octanol–water partition coefficient (Wildman–Crippen LogP) is 2.23. The molecule has 0 heterocycles. The van der Waals surface area contributed by atoms with Crippen LogP contribution in [0.3, 0.4) is 0 Å². The number of hydrogen-bond acceptors (Lipinski definition) is 0. The van der Waals surface area contributed by atoms with Crippen molar-refractivity contribution in [1.82, 2.24) is 0 Å². The fourth-order valence-corrected chi connectivity index (χ4v) is 0.680. The van der Waals surface area contributed by atoms with Gasteiger partial charge in [0, 0.05) is 0 Å². The van der Waals surface area contributed by atoms with Gasteiger partial charge in [0.1, 0.15) is 0 Å². The number of hydrogen-bond donors (Lipinski definition) is 0. The molecule has 0 amide bonds. The van der Waals surface area contributed by atoms with Gasteiger partial charge in [0.2, 0.25) is 0 Å². The van der Waals surface area contributed by atoms with Crippen molar-refractivity contribution in [2.75, 3.05) is 0 Å². The van der Waals surface area contributed by atoms with E-state index in [1.54, 1.807) is 0 Å². The molecule has 0 saturated heterocycles. The minimum Gasteiger partial charge on any atom is -0.273 e. The van der Waals surface area contributed by atoms with Crippen LogP contribution in [0, 0.1) is 12.2 Å². The van der Waals surface area contributed by atoms with Gasteiger partial charge in [0.05, 0.1) is 0 Å². The standard InChI is InChI=1S/2C5H5.Sr/c2*1-2-4-5-3-1;/h2*1-3H,4H2;/q2*-1;+2. The zero-order valence-electron chi connectivity index (χ0n) is 6.59. The first kappa shape index (κ1) is 11.4. The van der Waals surface area contributed by atoms with Crippen molar-refractivity contribution < 1.29 is 0 Å². The maximum absolute atomic E-state index is 2.99. The molecule has 0 aromatic heterocycles. The Labute approximate surface area is 106 Å². The molecule has 2 aliphatic rings. The van der Waals surface area contributed by atoms with Crippen LogP contribution in [0.15, 0.2) is 36.5 Å². The molecule has 0 unspecified atom stereocenters. The van der Waals surface area contributed by atoms with Crippen molar-refractivity contribution in [3.8, 4) is 0 Å². The molecular formula is C10H10Sr. The van der Waals surface area contributed by atoms with Gasteiger partial charge in [0.25, 0.3) is 0 Å². The third-order valence-electron chi connectivity index (χ3n) is 1.17. The maximum atomic E-state index is 2.99. The van der Waals surface area contributed by atoms with Crippen molar-refractivity contribution >= 4 is 45.5 Å². The van der Waals surface area contributed by atoms with Crippen LogP contribution in [0.1, 0.15) is 12.8 Å². The fraction of sp³-hybridized carbons (Fsp3) is 0.200. The van der Waals surface area contributed by atoms with Gasteiger partial charge in [0.15, 0.2) is 0 Å². The van der Waals surface area contributed by atoms with Crippen molar-refractivity contribution in [1.29, 1.82) is 0 Å². The van der Waals surface area contributed by atoms with Crippen LogP contribution in [0.5, 0.6) is 0 Å². The Morgan fingerprint density at radius 2 is 1.27 bits per heavy atom. The molecule has 11 heavy (non-hydrogen) atoms. The molecule has 0 fully saturated rings. The van der Waals surface area contributed by atoms with E-state index in [9.17, 15) is 0 Å². The summed E-state index contributed by atoms with van der Waals surface area (Å²) < 4.78 is 0. The summed E-state index contributed by atoms with van der Waals surface area (Å²) in [5, 5.41) is 0. The summed E-state index contributed by atoms with van der Waals surface area (Å²) >= 11 is 0. The summed E-state index contributed by atoms with van der Waals surface area (Å²) in [4.78, 5) is 0. The van der Waals surface area contributed by atoms with Crippen LogP contribution in [-0.2, 0) is 0 Å². The van der Waals surface area contributed by atoms with E-state index in [1.807, 2.05) is 24.3 Å². The predicted molar refractivity (Wildman–Crippen MR) is 48.9 cm³/mol. The summed E-state index contributed by atoms with van der Waals surface area (Å²) in [5.41, 5.74) is 0. The Kier molecular flexibility index (Phi) is 8.88. The van der Waals surface area contributed by atoms with E-state index in [0.29, 0.717) is 0 Å². The van der Waals surface area contributed by atoms with E-state index >= 15 is 0 Å². The second-order valence-electron chi connectivity index (χ2n) is 2.01. The van der Waals surface area contributed by atoms with E-state index in [1.165, 1.54) is 0 Å². The second kappa shape index (κ2) is 8.54. The van der Waals surface area contributed by atoms with Gasteiger partial charge in [-0.15, -0.1) is 12.8 Å². The summed E-state index contributed by atoms with van der Waals surface area (Å²) in [5.74, 6) is 0. The molecule has 0 saturated carbocycles. The molecule has 1 heteroatoms. The van der Waals surface area contributed by atoms with Crippen molar-refractivity contribution in [2.24, 2.45) is 0 Å². The van der Waals surface area contributed by atoms with E-state index in [4.69, 9.17) is 0 Å². The van der Waals surface area contributed by atoms with Gasteiger partial charge in [-0.25, -0.2) is 24.3 Å². The molecule has 2 rings (SSSR count). The topological polar surface area (TPSA) is 0 Å². The number of allylic oxidation sites excluding steroid dienone is 8. The Balaban J connectivity index is 0.000000167. The smallest absolute Gasteiger partial charge is 0.273 e. The van der Waals surface area contributed by atoms with Crippen LogP contribution in [0.2, 0.25) is 0 Å². The van der Waals surface area contributed by atoms with Crippen LogP contribution in [0.4, 0.5) is 0 Å². The van der Waals surface area contributed by atoms with Gasteiger partial charge >= 0.3 is 45.5 Å². The molecule has 0 aliphatic heterocycles. The Morgan fingerprint density at radius 1 is 0.818 bits per heavy atom. The van der Waals surface area contributed by atoms with E-state index < -0.39 is 0 Å². The van der Waals surface area contributed by atoms with Gasteiger partial charge in [-0.1, -0.05) is 0 Å². The molecule has 52 valence electrons. The quantitative estimate of drug-likeness (QED) is 0.431. The van der Waals surface area contributed by atoms with E-state index in [0.717, 1.165) is 12.8 Å². The molecule has 0 aromatic rings. The van der Waals surface area contributed by atoms with Gasteiger partial charge in [-0.3, -0.25) is 12.2 Å². The molecule has 0 aromatic carbocycles. The fourth-order valence-electron chi connectivity index (χ4n) is 0.680. The normalized spacial score (nSPS) is 16.0. The van der Waals surface area contributed by atoms with Crippen LogP contribution in [0.25, 0.3) is 0 Å². The molecule has 0 N–H and O–H groups in total. The van der Waals surface area contributed by atoms with Crippen molar-refractivity contribution in [3.05, 3.63) is 48.6 Å². The molecular weight excluding hydrogens is 208 g/mol. The molecule has 0 nitrogen and oxygen atoms in total. The molecule has 0 atom stereocenters. The largest absolute Gasteiger partial charge is 2.00 e. The zero-order valence-corrected chi connectivity index (χ0v) is 10.1. The minimum atomic E-state index is 0.